The average Bonchev–Trinajstić information content (AvgIpc) is 1.44. The van der Waals surface area contributed by atoms with Crippen LogP contribution in [0.15, 0.2) is 0 Å². The van der Waals surface area contributed by atoms with Crippen LogP contribution in [-0.2, 0) is 0 Å². The van der Waals surface area contributed by atoms with E-state index in [4.69, 9.17) is 0 Å². The van der Waals surface area contributed by atoms with E-state index in [0.717, 1.165) is 0 Å². The minimum absolute atomic E-state index is 0. The van der Waals surface area contributed by atoms with Gasteiger partial charge in [-0.25, -0.2) is 0 Å². The van der Waals surface area contributed by atoms with Crippen LogP contribution >= 0.6 is 0 Å². The number of hydrogen-bond acceptors (Lipinski definition) is 0. The molecule has 0 bridgehead atoms. The van der Waals surface area contributed by atoms with Gasteiger partial charge in [0.1, 0.15) is 0 Å². The predicted molar refractivity (Wildman–Crippen MR) is 33.9 cm³/mol. The normalized spacial score (nSPS) is 13.5. The van der Waals surface area contributed by atoms with Crippen molar-refractivity contribution in [1.29, 1.82) is 0 Å². The van der Waals surface area contributed by atoms with E-state index in [-0.39, 0.29) is 18.0 Å². The molecule has 11 heteroatoms. The summed E-state index contributed by atoms with van der Waals surface area (Å²) in [6.07, 6.45) is 0. The third-order valence-electron chi connectivity index (χ3n) is 0.982. The minimum atomic E-state index is -7.33. The van der Waals surface area contributed by atoms with Crippen LogP contribution in [0.4, 0.5) is 39.5 Å². The van der Waals surface area contributed by atoms with Crippen molar-refractivity contribution in [2.75, 3.05) is 0 Å². The van der Waals surface area contributed by atoms with Gasteiger partial charge in [-0.05, 0) is 0 Å². The van der Waals surface area contributed by atoms with Crippen molar-refractivity contribution in [3.8, 4) is 0 Å². The molecule has 0 heterocycles. The van der Waals surface area contributed by atoms with E-state index >= 15 is 0 Å². The van der Waals surface area contributed by atoms with Gasteiger partial charge in [-0.2, -0.15) is 0 Å². The van der Waals surface area contributed by atoms with Crippen LogP contribution in [-0.4, -0.2) is 48.4 Å². The molecule has 0 fully saturated rings. The molecule has 0 N–H and O–H groups in total. The van der Waals surface area contributed by atoms with E-state index in [0.29, 0.717) is 0 Å². The topological polar surface area (TPSA) is 0 Å². The Morgan fingerprint density at radius 2 is 0.643 bits per heavy atom. The Balaban J connectivity index is 0. The Hall–Kier alpha value is 0.565. The SMILES string of the molecule is F[C](F)(F)[Ga]([C](F)(F)F)[C](F)(F)F.[AsH3]. The molecule has 0 rings (SSSR count). The summed E-state index contributed by atoms with van der Waals surface area (Å²) < 4.78 is 83.7. The van der Waals surface area contributed by atoms with Crippen molar-refractivity contribution >= 4 is 34.2 Å². The zero-order valence-electron chi connectivity index (χ0n) is 6.19. The molecule has 0 aromatic heterocycles. The van der Waals surface area contributed by atoms with Gasteiger partial charge < -0.3 is 0 Å². The second-order valence-corrected chi connectivity index (χ2v) is 8.00. The molecular formula is C3H3AsF9Ga. The van der Waals surface area contributed by atoms with Crippen LogP contribution in [0.5, 0.6) is 0 Å². The fraction of sp³-hybridized carbons (Fsp3) is 1.00. The van der Waals surface area contributed by atoms with Crippen molar-refractivity contribution in [1.82, 2.24) is 0 Å². The Morgan fingerprint density at radius 1 is 0.500 bits per heavy atom. The van der Waals surface area contributed by atoms with Crippen molar-refractivity contribution in [2.24, 2.45) is 0 Å². The van der Waals surface area contributed by atoms with Gasteiger partial charge in [0.25, 0.3) is 0 Å². The van der Waals surface area contributed by atoms with Crippen molar-refractivity contribution in [2.45, 2.75) is 14.2 Å². The van der Waals surface area contributed by atoms with Gasteiger partial charge in [-0.1, -0.05) is 0 Å². The van der Waals surface area contributed by atoms with E-state index in [1.165, 1.54) is 0 Å². The summed E-state index contributed by atoms with van der Waals surface area (Å²) in [6.45, 7) is 0. The molecule has 0 aliphatic heterocycles. The Kier molecular flexibility index (Phi) is 5.58. The molecule has 14 heavy (non-hydrogen) atoms. The van der Waals surface area contributed by atoms with Crippen LogP contribution in [0.25, 0.3) is 0 Å². The molecule has 0 aliphatic carbocycles. The first kappa shape index (κ1) is 17.0. The summed E-state index contributed by atoms with van der Waals surface area (Å²) in [6, 6.07) is 0. The molecule has 0 amide bonds. The molecular weight excluding hydrogens is 352 g/mol. The molecule has 0 saturated carbocycles. The maximum absolute atomic E-state index is 11.4. The van der Waals surface area contributed by atoms with Crippen molar-refractivity contribution in [3.63, 3.8) is 0 Å². The molecule has 1 atom stereocenters. The van der Waals surface area contributed by atoms with Gasteiger partial charge in [0.2, 0.25) is 0 Å². The van der Waals surface area contributed by atoms with E-state index < -0.39 is 30.4 Å². The monoisotopic (exact) mass is 354 g/mol. The first-order chi connectivity index (χ1) is 5.37. The number of hydrogen-bond donors (Lipinski definition) is 0. The third kappa shape index (κ3) is 4.88. The van der Waals surface area contributed by atoms with E-state index in [1.807, 2.05) is 0 Å². The van der Waals surface area contributed by atoms with Gasteiger partial charge in [0.15, 0.2) is 0 Å². The van der Waals surface area contributed by atoms with Gasteiger partial charge in [0, 0.05) is 0 Å². The number of alkyl halides is 9. The molecule has 0 aromatic rings. The van der Waals surface area contributed by atoms with Crippen molar-refractivity contribution in [3.05, 3.63) is 0 Å². The summed E-state index contributed by atoms with van der Waals surface area (Å²) >= 11 is -7.33. The molecule has 0 radical (unpaired) electrons. The summed E-state index contributed by atoms with van der Waals surface area (Å²) in [4.78, 5) is 0. The van der Waals surface area contributed by atoms with Gasteiger partial charge in [-0.15, -0.1) is 0 Å². The zero-order chi connectivity index (χ0) is 11.1. The Labute approximate surface area is 88.2 Å². The average molecular weight is 355 g/mol. The van der Waals surface area contributed by atoms with Crippen LogP contribution in [0.1, 0.15) is 0 Å². The summed E-state index contributed by atoms with van der Waals surface area (Å²) in [5, 5.41) is 0. The molecule has 86 valence electrons. The molecule has 0 aliphatic rings. The third-order valence-corrected chi connectivity index (χ3v) is 5.10. The molecule has 0 saturated heterocycles. The predicted octanol–water partition coefficient (Wildman–Crippen LogP) is 1.60. The molecule has 1 unspecified atom stereocenters. The van der Waals surface area contributed by atoms with Gasteiger partial charge in [0.05, 0.1) is 0 Å². The van der Waals surface area contributed by atoms with E-state index in [2.05, 4.69) is 0 Å². The summed E-state index contributed by atoms with van der Waals surface area (Å²) in [5.74, 6) is 0. The van der Waals surface area contributed by atoms with Gasteiger partial charge >= 0.3 is 87.9 Å². The molecule has 0 spiro atoms. The number of halogens is 9. The Bertz CT molecular complexity index is 143. The van der Waals surface area contributed by atoms with E-state index in [1.54, 1.807) is 0 Å². The first-order valence-electron chi connectivity index (χ1n) is 2.57. The quantitative estimate of drug-likeness (QED) is 0.458. The summed E-state index contributed by atoms with van der Waals surface area (Å²) in [7, 11) is 0. The molecule has 0 aromatic carbocycles. The number of rotatable bonds is 0. The second-order valence-electron chi connectivity index (χ2n) is 2.06. The Morgan fingerprint density at radius 3 is 0.643 bits per heavy atom. The first-order valence-corrected chi connectivity index (χ1v) is 6.20. The van der Waals surface area contributed by atoms with E-state index in [9.17, 15) is 39.5 Å². The zero-order valence-corrected chi connectivity index (χ0v) is 11.6. The van der Waals surface area contributed by atoms with Crippen LogP contribution in [0.3, 0.4) is 0 Å². The fourth-order valence-corrected chi connectivity index (χ4v) is 2.89. The van der Waals surface area contributed by atoms with Gasteiger partial charge in [-0.3, -0.25) is 0 Å². The fourth-order valence-electron chi connectivity index (χ4n) is 0.557. The van der Waals surface area contributed by atoms with Crippen LogP contribution in [0.2, 0.25) is 0 Å². The second kappa shape index (κ2) is 4.61. The van der Waals surface area contributed by atoms with Crippen LogP contribution < -0.4 is 0 Å². The maximum atomic E-state index is 11.4. The van der Waals surface area contributed by atoms with Crippen molar-refractivity contribution < 1.29 is 39.5 Å². The standard InChI is InChI=1S/3CF3.AsH3.Ga/c3*2-1(3)4;;/h;;;1H3;. The van der Waals surface area contributed by atoms with Crippen LogP contribution in [0, 0.1) is 0 Å². The summed E-state index contributed by atoms with van der Waals surface area (Å²) in [5.41, 5.74) is 0. The molecule has 0 nitrogen and oxygen atoms in total.